The average molecular weight is 361 g/mol. The second-order valence-electron chi connectivity index (χ2n) is 5.98. The van der Waals surface area contributed by atoms with Crippen LogP contribution in [0.4, 0.5) is 5.69 Å². The number of para-hydroxylation sites is 2. The first kappa shape index (κ1) is 18.2. The summed E-state index contributed by atoms with van der Waals surface area (Å²) < 4.78 is 5.40. The Morgan fingerprint density at radius 2 is 1.70 bits per heavy atom. The van der Waals surface area contributed by atoms with Crippen molar-refractivity contribution in [3.05, 3.63) is 83.9 Å². The number of hydrogen-bond donors (Lipinski definition) is 2. The molecule has 0 bridgehead atoms. The second-order valence-corrected chi connectivity index (χ2v) is 5.98. The predicted octanol–water partition coefficient (Wildman–Crippen LogP) is 4.24. The van der Waals surface area contributed by atoms with Crippen molar-refractivity contribution in [1.82, 2.24) is 0 Å². The van der Waals surface area contributed by atoms with E-state index in [0.717, 1.165) is 22.4 Å². The Labute approximate surface area is 157 Å². The monoisotopic (exact) mass is 361 g/mol. The van der Waals surface area contributed by atoms with E-state index in [1.807, 2.05) is 48.5 Å². The van der Waals surface area contributed by atoms with E-state index >= 15 is 0 Å². The van der Waals surface area contributed by atoms with Gasteiger partial charge in [-0.25, -0.2) is 4.79 Å². The largest absolute Gasteiger partial charge is 0.496 e. The third-order valence-corrected chi connectivity index (χ3v) is 4.14. The van der Waals surface area contributed by atoms with E-state index in [4.69, 9.17) is 4.74 Å². The summed E-state index contributed by atoms with van der Waals surface area (Å²) in [6, 6.07) is 21.7. The highest BCUT2D eigenvalue weighted by Gasteiger charge is 2.13. The molecular formula is C22H19NO4. The number of anilines is 1. The van der Waals surface area contributed by atoms with Crippen LogP contribution < -0.4 is 10.1 Å². The van der Waals surface area contributed by atoms with E-state index in [9.17, 15) is 14.7 Å². The molecule has 5 nitrogen and oxygen atoms in total. The first-order chi connectivity index (χ1) is 13.1. The zero-order valence-corrected chi connectivity index (χ0v) is 14.8. The summed E-state index contributed by atoms with van der Waals surface area (Å²) in [7, 11) is 1.62. The van der Waals surface area contributed by atoms with Crippen LogP contribution in [0.3, 0.4) is 0 Å². The maximum atomic E-state index is 12.4. The van der Waals surface area contributed by atoms with Crippen LogP contribution in [0.5, 0.6) is 5.75 Å². The van der Waals surface area contributed by atoms with Gasteiger partial charge < -0.3 is 15.2 Å². The first-order valence-electron chi connectivity index (χ1n) is 8.43. The molecule has 0 saturated heterocycles. The van der Waals surface area contributed by atoms with Crippen molar-refractivity contribution in [3.63, 3.8) is 0 Å². The van der Waals surface area contributed by atoms with E-state index in [1.165, 1.54) is 6.07 Å². The Kier molecular flexibility index (Phi) is 5.52. The molecule has 3 aromatic rings. The SMILES string of the molecule is COc1ccccc1-c1cccc(CC(=O)Nc2ccccc2C(=O)O)c1. The zero-order valence-electron chi connectivity index (χ0n) is 14.8. The van der Waals surface area contributed by atoms with Crippen LogP contribution in [-0.4, -0.2) is 24.1 Å². The van der Waals surface area contributed by atoms with Gasteiger partial charge in [-0.1, -0.05) is 54.6 Å². The van der Waals surface area contributed by atoms with Gasteiger partial charge in [-0.05, 0) is 29.3 Å². The van der Waals surface area contributed by atoms with Crippen molar-refractivity contribution < 1.29 is 19.4 Å². The molecule has 0 spiro atoms. The van der Waals surface area contributed by atoms with E-state index in [2.05, 4.69) is 5.32 Å². The smallest absolute Gasteiger partial charge is 0.337 e. The van der Waals surface area contributed by atoms with Crippen LogP contribution in [-0.2, 0) is 11.2 Å². The number of hydrogen-bond acceptors (Lipinski definition) is 3. The maximum Gasteiger partial charge on any atom is 0.337 e. The van der Waals surface area contributed by atoms with E-state index in [-0.39, 0.29) is 23.6 Å². The molecular weight excluding hydrogens is 342 g/mol. The third kappa shape index (κ3) is 4.33. The van der Waals surface area contributed by atoms with Crippen molar-refractivity contribution in [1.29, 1.82) is 0 Å². The molecule has 136 valence electrons. The minimum atomic E-state index is -1.08. The molecule has 3 rings (SSSR count). The van der Waals surface area contributed by atoms with Crippen LogP contribution in [0, 0.1) is 0 Å². The summed E-state index contributed by atoms with van der Waals surface area (Å²) in [4.78, 5) is 23.7. The summed E-state index contributed by atoms with van der Waals surface area (Å²) >= 11 is 0. The fourth-order valence-electron chi connectivity index (χ4n) is 2.89. The number of carboxylic acid groups (broad SMARTS) is 1. The predicted molar refractivity (Wildman–Crippen MR) is 104 cm³/mol. The fourth-order valence-corrected chi connectivity index (χ4v) is 2.89. The number of rotatable bonds is 6. The molecule has 0 aromatic heterocycles. The zero-order chi connectivity index (χ0) is 19.2. The van der Waals surface area contributed by atoms with Crippen LogP contribution in [0.1, 0.15) is 15.9 Å². The fraction of sp³-hybridized carbons (Fsp3) is 0.0909. The summed E-state index contributed by atoms with van der Waals surface area (Å²) in [5, 5.41) is 11.9. The van der Waals surface area contributed by atoms with E-state index in [1.54, 1.807) is 25.3 Å². The number of carbonyl (C=O) groups excluding carboxylic acids is 1. The highest BCUT2D eigenvalue weighted by atomic mass is 16.5. The Bertz CT molecular complexity index is 981. The van der Waals surface area contributed by atoms with Crippen LogP contribution in [0.2, 0.25) is 0 Å². The molecule has 0 fully saturated rings. The van der Waals surface area contributed by atoms with Gasteiger partial charge in [-0.15, -0.1) is 0 Å². The molecule has 5 heteroatoms. The van der Waals surface area contributed by atoms with Gasteiger partial charge in [0, 0.05) is 5.56 Å². The van der Waals surface area contributed by atoms with Crippen molar-refractivity contribution in [2.75, 3.05) is 12.4 Å². The van der Waals surface area contributed by atoms with Crippen molar-refractivity contribution in [2.45, 2.75) is 6.42 Å². The number of amides is 1. The number of nitrogens with one attached hydrogen (secondary N) is 1. The lowest BCUT2D eigenvalue weighted by atomic mass is 10.0. The van der Waals surface area contributed by atoms with Gasteiger partial charge in [0.15, 0.2) is 0 Å². The lowest BCUT2D eigenvalue weighted by Gasteiger charge is -2.11. The lowest BCUT2D eigenvalue weighted by Crippen LogP contribution is -2.16. The molecule has 3 aromatic carbocycles. The van der Waals surface area contributed by atoms with E-state index < -0.39 is 5.97 Å². The molecule has 0 saturated carbocycles. The molecule has 0 aliphatic heterocycles. The summed E-state index contributed by atoms with van der Waals surface area (Å²) in [6.45, 7) is 0. The van der Waals surface area contributed by atoms with Crippen molar-refractivity contribution in [3.8, 4) is 16.9 Å². The van der Waals surface area contributed by atoms with Crippen LogP contribution in [0.15, 0.2) is 72.8 Å². The van der Waals surface area contributed by atoms with Crippen molar-refractivity contribution >= 4 is 17.6 Å². The lowest BCUT2D eigenvalue weighted by molar-refractivity contribution is -0.115. The number of aromatic carboxylic acids is 1. The Morgan fingerprint density at radius 3 is 2.48 bits per heavy atom. The maximum absolute atomic E-state index is 12.4. The number of carbonyl (C=O) groups is 2. The average Bonchev–Trinajstić information content (AvgIpc) is 2.68. The molecule has 0 heterocycles. The normalized spacial score (nSPS) is 10.3. The van der Waals surface area contributed by atoms with Crippen LogP contribution >= 0.6 is 0 Å². The Morgan fingerprint density at radius 1 is 0.963 bits per heavy atom. The van der Waals surface area contributed by atoms with Gasteiger partial charge in [-0.3, -0.25) is 4.79 Å². The Hall–Kier alpha value is -3.60. The molecule has 0 unspecified atom stereocenters. The minimum absolute atomic E-state index is 0.0635. The summed E-state index contributed by atoms with van der Waals surface area (Å²) in [5.74, 6) is -0.598. The van der Waals surface area contributed by atoms with Gasteiger partial charge in [0.25, 0.3) is 0 Å². The number of carboxylic acids is 1. The molecule has 0 atom stereocenters. The van der Waals surface area contributed by atoms with Gasteiger partial charge in [0.05, 0.1) is 24.8 Å². The molecule has 0 radical (unpaired) electrons. The Balaban J connectivity index is 1.79. The van der Waals surface area contributed by atoms with Gasteiger partial charge >= 0.3 is 5.97 Å². The molecule has 27 heavy (non-hydrogen) atoms. The standard InChI is InChI=1S/C22H19NO4/c1-27-20-12-5-3-9-17(20)16-8-6-7-15(13-16)14-21(24)23-19-11-4-2-10-18(19)22(25)26/h2-13H,14H2,1H3,(H,23,24)(H,25,26). The highest BCUT2D eigenvalue weighted by molar-refractivity contribution is 6.01. The third-order valence-electron chi connectivity index (χ3n) is 4.14. The first-order valence-corrected chi connectivity index (χ1v) is 8.43. The van der Waals surface area contributed by atoms with Gasteiger partial charge in [0.1, 0.15) is 5.75 Å². The molecule has 0 aliphatic rings. The van der Waals surface area contributed by atoms with Crippen LogP contribution in [0.25, 0.3) is 11.1 Å². The van der Waals surface area contributed by atoms with Gasteiger partial charge in [-0.2, -0.15) is 0 Å². The van der Waals surface area contributed by atoms with Crippen molar-refractivity contribution in [2.24, 2.45) is 0 Å². The minimum Gasteiger partial charge on any atom is -0.496 e. The molecule has 0 aliphatic carbocycles. The summed E-state index contributed by atoms with van der Waals surface area (Å²) in [6.07, 6.45) is 0.136. The second kappa shape index (κ2) is 8.19. The number of benzene rings is 3. The quantitative estimate of drug-likeness (QED) is 0.688. The van der Waals surface area contributed by atoms with E-state index in [0.29, 0.717) is 0 Å². The summed E-state index contributed by atoms with van der Waals surface area (Å²) in [5.41, 5.74) is 3.07. The number of ether oxygens (including phenoxy) is 1. The highest BCUT2D eigenvalue weighted by Crippen LogP contribution is 2.30. The number of methoxy groups -OCH3 is 1. The molecule has 2 N–H and O–H groups in total. The topological polar surface area (TPSA) is 75.6 Å². The van der Waals surface area contributed by atoms with Gasteiger partial charge in [0.2, 0.25) is 5.91 Å². The molecule has 1 amide bonds.